The SMILES string of the molecule is COCC1CC2[C@H]3C(CO[C@H]3O1)C[C@@H]2OC(=O)N[C@@H](Cc1ccccc1)[C@H](O)CN(CC(C)C)S(=O)(=O)c1ccc(OC)cc1. The van der Waals surface area contributed by atoms with Crippen LogP contribution in [0.3, 0.4) is 0 Å². The molecule has 2 aromatic carbocycles. The van der Waals surface area contributed by atoms with Crippen molar-refractivity contribution < 1.29 is 42.0 Å². The van der Waals surface area contributed by atoms with Crippen LogP contribution < -0.4 is 10.1 Å². The zero-order chi connectivity index (χ0) is 32.1. The molecule has 0 spiro atoms. The molecule has 1 amide bonds. The first kappa shape index (κ1) is 33.6. The highest BCUT2D eigenvalue weighted by Crippen LogP contribution is 2.51. The van der Waals surface area contributed by atoms with E-state index in [0.717, 1.165) is 5.56 Å². The van der Waals surface area contributed by atoms with E-state index in [-0.39, 0.29) is 66.6 Å². The van der Waals surface area contributed by atoms with Crippen LogP contribution in [0.4, 0.5) is 4.79 Å². The Morgan fingerprint density at radius 3 is 2.47 bits per heavy atom. The number of hydrogen-bond donors (Lipinski definition) is 2. The molecule has 1 aliphatic carbocycles. The van der Waals surface area contributed by atoms with Gasteiger partial charge in [-0.2, -0.15) is 4.31 Å². The minimum Gasteiger partial charge on any atom is -0.497 e. The van der Waals surface area contributed by atoms with E-state index in [1.54, 1.807) is 19.2 Å². The third-order valence-corrected chi connectivity index (χ3v) is 10.9. The first-order valence-electron chi connectivity index (χ1n) is 15.7. The van der Waals surface area contributed by atoms with Gasteiger partial charge < -0.3 is 34.1 Å². The van der Waals surface area contributed by atoms with Gasteiger partial charge in [0.1, 0.15) is 11.9 Å². The molecule has 3 unspecified atom stereocenters. The van der Waals surface area contributed by atoms with Gasteiger partial charge in [-0.1, -0.05) is 44.2 Å². The van der Waals surface area contributed by atoms with Crippen molar-refractivity contribution in [2.45, 2.75) is 68.6 Å². The summed E-state index contributed by atoms with van der Waals surface area (Å²) >= 11 is 0. The Bertz CT molecular complexity index is 1360. The lowest BCUT2D eigenvalue weighted by atomic mass is 9.84. The predicted molar refractivity (Wildman–Crippen MR) is 166 cm³/mol. The average molecular weight is 647 g/mol. The number of nitrogens with zero attached hydrogens (tertiary/aromatic N) is 1. The van der Waals surface area contributed by atoms with Gasteiger partial charge in [0, 0.05) is 32.0 Å². The Morgan fingerprint density at radius 1 is 1.07 bits per heavy atom. The number of rotatable bonds is 14. The monoisotopic (exact) mass is 646 g/mol. The number of nitrogens with one attached hydrogen (secondary N) is 1. The molecule has 45 heavy (non-hydrogen) atoms. The van der Waals surface area contributed by atoms with E-state index >= 15 is 0 Å². The lowest BCUT2D eigenvalue weighted by molar-refractivity contribution is -0.215. The highest BCUT2D eigenvalue weighted by atomic mass is 32.2. The maximum absolute atomic E-state index is 13.7. The number of carbonyl (C=O) groups excluding carboxylic acids is 1. The molecule has 3 aliphatic rings. The molecule has 0 aromatic heterocycles. The second kappa shape index (κ2) is 14.8. The van der Waals surface area contributed by atoms with Gasteiger partial charge >= 0.3 is 6.09 Å². The standard InChI is InChI=1S/C33H46N2O9S/c1-21(2)17-35(45(38,39)26-12-10-24(41-4)11-13-26)18-29(36)28(14-22-8-6-5-7-9-22)34-33(37)44-30-15-23-19-42-32-31(23)27(30)16-25(43-32)20-40-3/h5-13,21,23,25,27-32,36H,14-20H2,1-4H3,(H,34,37)/t23?,25?,27?,28-,29+,30-,31+,32-/m0/s1. The maximum Gasteiger partial charge on any atom is 0.407 e. The van der Waals surface area contributed by atoms with Crippen LogP contribution in [-0.4, -0.2) is 95.1 Å². The maximum atomic E-state index is 13.7. The van der Waals surface area contributed by atoms with Gasteiger partial charge in [0.05, 0.1) is 43.5 Å². The number of alkyl carbamates (subject to hydrolysis) is 1. The van der Waals surface area contributed by atoms with Gasteiger partial charge in [0.25, 0.3) is 0 Å². The minimum absolute atomic E-state index is 0.00764. The number of methoxy groups -OCH3 is 2. The molecule has 2 saturated heterocycles. The van der Waals surface area contributed by atoms with Gasteiger partial charge in [-0.15, -0.1) is 0 Å². The number of amides is 1. The average Bonchev–Trinajstić information content (AvgIpc) is 3.58. The molecule has 8 atom stereocenters. The summed E-state index contributed by atoms with van der Waals surface area (Å²) < 4.78 is 57.3. The van der Waals surface area contributed by atoms with Crippen molar-refractivity contribution in [2.24, 2.45) is 23.7 Å². The molecule has 2 aromatic rings. The quantitative estimate of drug-likeness (QED) is 0.317. The van der Waals surface area contributed by atoms with Gasteiger partial charge in [0.15, 0.2) is 6.29 Å². The first-order chi connectivity index (χ1) is 21.6. The van der Waals surface area contributed by atoms with Crippen LogP contribution in [0.5, 0.6) is 5.75 Å². The predicted octanol–water partition coefficient (Wildman–Crippen LogP) is 3.45. The third-order valence-electron chi connectivity index (χ3n) is 9.04. The van der Waals surface area contributed by atoms with E-state index in [2.05, 4.69) is 5.32 Å². The Hall–Kier alpha value is -2.74. The van der Waals surface area contributed by atoms with Crippen LogP contribution >= 0.6 is 0 Å². The Balaban J connectivity index is 1.31. The molecular formula is C33H46N2O9S. The summed E-state index contributed by atoms with van der Waals surface area (Å²) in [6.45, 7) is 4.81. The lowest BCUT2D eigenvalue weighted by Crippen LogP contribution is -2.52. The molecular weight excluding hydrogens is 600 g/mol. The second-order valence-electron chi connectivity index (χ2n) is 12.7. The van der Waals surface area contributed by atoms with Gasteiger partial charge in [0.2, 0.25) is 10.0 Å². The molecule has 2 heterocycles. The van der Waals surface area contributed by atoms with E-state index in [9.17, 15) is 18.3 Å². The number of aliphatic hydroxyl groups is 1. The normalized spacial score (nSPS) is 27.3. The smallest absolute Gasteiger partial charge is 0.407 e. The van der Waals surface area contributed by atoms with Crippen LogP contribution in [0.25, 0.3) is 0 Å². The zero-order valence-corrected chi connectivity index (χ0v) is 27.2. The molecule has 3 fully saturated rings. The van der Waals surface area contributed by atoms with E-state index in [1.807, 2.05) is 44.2 Å². The molecule has 0 bridgehead atoms. The summed E-state index contributed by atoms with van der Waals surface area (Å²) in [6.07, 6.45) is -0.976. The molecule has 0 radical (unpaired) electrons. The number of carbonyl (C=O) groups is 1. The number of hydrogen-bond acceptors (Lipinski definition) is 9. The van der Waals surface area contributed by atoms with Crippen LogP contribution in [0.1, 0.15) is 32.3 Å². The number of ether oxygens (including phenoxy) is 5. The molecule has 2 aliphatic heterocycles. The van der Waals surface area contributed by atoms with Gasteiger partial charge in [-0.3, -0.25) is 0 Å². The van der Waals surface area contributed by atoms with Crippen molar-refractivity contribution in [3.05, 3.63) is 60.2 Å². The number of aliphatic hydroxyl groups excluding tert-OH is 1. The zero-order valence-electron chi connectivity index (χ0n) is 26.4. The highest BCUT2D eigenvalue weighted by molar-refractivity contribution is 7.89. The summed E-state index contributed by atoms with van der Waals surface area (Å²) in [7, 11) is -0.812. The van der Waals surface area contributed by atoms with Crippen LogP contribution in [-0.2, 0) is 35.4 Å². The van der Waals surface area contributed by atoms with E-state index < -0.39 is 28.3 Å². The summed E-state index contributed by atoms with van der Waals surface area (Å²) in [6, 6.07) is 14.8. The lowest BCUT2D eigenvalue weighted by Gasteiger charge is -2.37. The van der Waals surface area contributed by atoms with Gasteiger partial charge in [-0.25, -0.2) is 13.2 Å². The third kappa shape index (κ3) is 7.98. The van der Waals surface area contributed by atoms with Gasteiger partial charge in [-0.05, 0) is 60.9 Å². The molecule has 248 valence electrons. The molecule has 12 heteroatoms. The van der Waals surface area contributed by atoms with Crippen LogP contribution in [0.15, 0.2) is 59.5 Å². The molecule has 11 nitrogen and oxygen atoms in total. The summed E-state index contributed by atoms with van der Waals surface area (Å²) in [5.41, 5.74) is 0.887. The van der Waals surface area contributed by atoms with Crippen molar-refractivity contribution >= 4 is 16.1 Å². The fourth-order valence-corrected chi connectivity index (χ4v) is 8.58. The summed E-state index contributed by atoms with van der Waals surface area (Å²) in [5.74, 6) is 1.02. The van der Waals surface area contributed by atoms with Crippen molar-refractivity contribution in [3.8, 4) is 5.75 Å². The second-order valence-corrected chi connectivity index (χ2v) is 14.7. The molecule has 2 N–H and O–H groups in total. The Labute approximate surface area is 266 Å². The van der Waals surface area contributed by atoms with E-state index in [1.165, 1.54) is 23.5 Å². The first-order valence-corrected chi connectivity index (χ1v) is 17.1. The topological polar surface area (TPSA) is 133 Å². The van der Waals surface area contributed by atoms with E-state index in [4.69, 9.17) is 23.7 Å². The van der Waals surface area contributed by atoms with Crippen molar-refractivity contribution in [1.29, 1.82) is 0 Å². The Morgan fingerprint density at radius 2 is 1.80 bits per heavy atom. The fourth-order valence-electron chi connectivity index (χ4n) is 6.96. The molecule has 1 saturated carbocycles. The van der Waals surface area contributed by atoms with Crippen LogP contribution in [0.2, 0.25) is 0 Å². The minimum atomic E-state index is -3.96. The summed E-state index contributed by atoms with van der Waals surface area (Å²) in [5, 5.41) is 14.5. The number of benzene rings is 2. The largest absolute Gasteiger partial charge is 0.497 e. The molecule has 5 rings (SSSR count). The highest BCUT2D eigenvalue weighted by Gasteiger charge is 2.56. The van der Waals surface area contributed by atoms with E-state index in [0.29, 0.717) is 31.8 Å². The Kier molecular flexibility index (Phi) is 11.0. The number of sulfonamides is 1. The van der Waals surface area contributed by atoms with Crippen LogP contribution in [0, 0.1) is 23.7 Å². The van der Waals surface area contributed by atoms with Crippen molar-refractivity contribution in [3.63, 3.8) is 0 Å². The summed E-state index contributed by atoms with van der Waals surface area (Å²) in [4.78, 5) is 13.6. The fraction of sp³-hybridized carbons (Fsp3) is 0.606. The van der Waals surface area contributed by atoms with Crippen molar-refractivity contribution in [1.82, 2.24) is 9.62 Å². The van der Waals surface area contributed by atoms with Crippen molar-refractivity contribution in [2.75, 3.05) is 40.5 Å².